The van der Waals surface area contributed by atoms with E-state index in [1.165, 1.54) is 12.1 Å². The summed E-state index contributed by atoms with van der Waals surface area (Å²) < 4.78 is 28.2. The van der Waals surface area contributed by atoms with Gasteiger partial charge in [0.15, 0.2) is 0 Å². The van der Waals surface area contributed by atoms with Crippen LogP contribution in [0, 0.1) is 11.6 Å². The largest absolute Gasteiger partial charge is 0.313 e. The smallest absolute Gasteiger partial charge is 0.142 e. The van der Waals surface area contributed by atoms with E-state index >= 15 is 0 Å². The monoisotopic (exact) mass is 359 g/mol. The Bertz CT molecular complexity index is 619. The first-order valence-corrected chi connectivity index (χ1v) is 7.25. The molecule has 0 aliphatic heterocycles. The van der Waals surface area contributed by atoms with E-state index in [0.29, 0.717) is 17.5 Å². The quantitative estimate of drug-likeness (QED) is 0.819. The van der Waals surface area contributed by atoms with Crippen LogP contribution in [-0.2, 0) is 6.42 Å². The minimum absolute atomic E-state index is 0.0863. The Morgan fingerprint density at radius 2 is 1.95 bits per heavy atom. The van der Waals surface area contributed by atoms with Gasteiger partial charge in [-0.1, -0.05) is 39.7 Å². The minimum atomic E-state index is -0.464. The van der Waals surface area contributed by atoms with Crippen molar-refractivity contribution in [2.75, 3.05) is 7.05 Å². The highest BCUT2D eigenvalue weighted by molar-refractivity contribution is 9.10. The zero-order valence-electron chi connectivity index (χ0n) is 10.8. The van der Waals surface area contributed by atoms with Crippen LogP contribution < -0.4 is 5.32 Å². The van der Waals surface area contributed by atoms with Gasteiger partial charge in [-0.3, -0.25) is 0 Å². The molecule has 2 aromatic rings. The van der Waals surface area contributed by atoms with Crippen LogP contribution in [0.5, 0.6) is 0 Å². The number of likely N-dealkylation sites (N-methyl/N-ethyl adjacent to an activating group) is 1. The number of halogens is 4. The molecule has 0 heterocycles. The van der Waals surface area contributed by atoms with Gasteiger partial charge in [0, 0.05) is 16.1 Å². The average Bonchev–Trinajstić information content (AvgIpc) is 2.43. The van der Waals surface area contributed by atoms with Gasteiger partial charge in [0.1, 0.15) is 11.6 Å². The predicted octanol–water partition coefficient (Wildman–Crippen LogP) is 4.88. The number of nitrogens with one attached hydrogen (secondary N) is 1. The van der Waals surface area contributed by atoms with Crippen molar-refractivity contribution in [1.29, 1.82) is 0 Å². The summed E-state index contributed by atoms with van der Waals surface area (Å²) in [4.78, 5) is 0. The first-order chi connectivity index (χ1) is 9.52. The maximum atomic E-state index is 13.9. The van der Waals surface area contributed by atoms with Crippen LogP contribution in [0.25, 0.3) is 0 Å². The third-order valence-corrected chi connectivity index (χ3v) is 4.05. The molecule has 20 heavy (non-hydrogen) atoms. The van der Waals surface area contributed by atoms with E-state index in [1.807, 2.05) is 0 Å². The molecule has 0 radical (unpaired) electrons. The zero-order valence-corrected chi connectivity index (χ0v) is 13.1. The summed E-state index contributed by atoms with van der Waals surface area (Å²) in [5, 5.41) is 3.13. The molecule has 0 saturated heterocycles. The van der Waals surface area contributed by atoms with Crippen molar-refractivity contribution >= 4 is 27.5 Å². The van der Waals surface area contributed by atoms with E-state index in [9.17, 15) is 8.78 Å². The lowest BCUT2D eigenvalue weighted by Crippen LogP contribution is -2.20. The summed E-state index contributed by atoms with van der Waals surface area (Å²) in [6, 6.07) is 9.11. The molecule has 0 saturated carbocycles. The third-order valence-electron chi connectivity index (χ3n) is 3.14. The molecule has 0 aliphatic carbocycles. The Morgan fingerprint density at radius 3 is 2.65 bits per heavy atom. The van der Waals surface area contributed by atoms with Crippen LogP contribution in [0.4, 0.5) is 8.78 Å². The summed E-state index contributed by atoms with van der Waals surface area (Å²) in [6.45, 7) is 0. The molecule has 1 N–H and O–H groups in total. The molecule has 2 rings (SSSR count). The number of benzene rings is 2. The standard InChI is InChI=1S/C15H13BrClF2N/c1-20-14(11-8-10(16)5-6-12(11)18)7-9-3-2-4-13(19)15(9)17/h2-6,8,14,20H,7H2,1H3. The molecular formula is C15H13BrClF2N. The third kappa shape index (κ3) is 3.37. The van der Waals surface area contributed by atoms with Crippen molar-refractivity contribution < 1.29 is 8.78 Å². The van der Waals surface area contributed by atoms with Crippen molar-refractivity contribution in [3.8, 4) is 0 Å². The van der Waals surface area contributed by atoms with Crippen molar-refractivity contribution in [1.82, 2.24) is 5.32 Å². The minimum Gasteiger partial charge on any atom is -0.313 e. The number of hydrogen-bond acceptors (Lipinski definition) is 1. The fourth-order valence-electron chi connectivity index (χ4n) is 2.08. The van der Waals surface area contributed by atoms with Crippen LogP contribution in [-0.4, -0.2) is 7.05 Å². The molecule has 0 aliphatic rings. The van der Waals surface area contributed by atoms with Gasteiger partial charge in [-0.15, -0.1) is 0 Å². The molecular weight excluding hydrogens is 348 g/mol. The Kier molecular flexibility index (Phi) is 5.13. The summed E-state index contributed by atoms with van der Waals surface area (Å²) in [5.74, 6) is -0.770. The second kappa shape index (κ2) is 6.66. The van der Waals surface area contributed by atoms with Gasteiger partial charge in [0.2, 0.25) is 0 Å². The predicted molar refractivity (Wildman–Crippen MR) is 81.0 cm³/mol. The molecule has 0 spiro atoms. The maximum absolute atomic E-state index is 13.9. The molecule has 106 valence electrons. The van der Waals surface area contributed by atoms with Crippen LogP contribution in [0.1, 0.15) is 17.2 Å². The lowest BCUT2D eigenvalue weighted by Gasteiger charge is -2.18. The van der Waals surface area contributed by atoms with Crippen molar-refractivity contribution in [3.05, 3.63) is 68.7 Å². The molecule has 1 nitrogen and oxygen atoms in total. The molecule has 1 unspecified atom stereocenters. The lowest BCUT2D eigenvalue weighted by atomic mass is 9.98. The molecule has 2 aromatic carbocycles. The number of hydrogen-bond donors (Lipinski definition) is 1. The molecule has 0 aromatic heterocycles. The van der Waals surface area contributed by atoms with Crippen LogP contribution >= 0.6 is 27.5 Å². The molecule has 0 amide bonds. The van der Waals surface area contributed by atoms with Gasteiger partial charge in [0.25, 0.3) is 0 Å². The maximum Gasteiger partial charge on any atom is 0.142 e. The van der Waals surface area contributed by atoms with Crippen LogP contribution in [0.2, 0.25) is 5.02 Å². The molecule has 0 fully saturated rings. The van der Waals surface area contributed by atoms with Gasteiger partial charge in [0.05, 0.1) is 5.02 Å². The van der Waals surface area contributed by atoms with Gasteiger partial charge in [-0.25, -0.2) is 8.78 Å². The van der Waals surface area contributed by atoms with E-state index in [0.717, 1.165) is 4.47 Å². The highest BCUT2D eigenvalue weighted by atomic mass is 79.9. The van der Waals surface area contributed by atoms with E-state index in [4.69, 9.17) is 11.6 Å². The normalized spacial score (nSPS) is 12.4. The Morgan fingerprint density at radius 1 is 1.20 bits per heavy atom. The first kappa shape index (κ1) is 15.4. The topological polar surface area (TPSA) is 12.0 Å². The van der Waals surface area contributed by atoms with E-state index in [-0.39, 0.29) is 16.9 Å². The summed E-state index contributed by atoms with van der Waals surface area (Å²) in [5.41, 5.74) is 1.16. The van der Waals surface area contributed by atoms with Crippen LogP contribution in [0.15, 0.2) is 40.9 Å². The van der Waals surface area contributed by atoms with E-state index < -0.39 is 5.82 Å². The summed E-state index contributed by atoms with van der Waals surface area (Å²) >= 11 is 9.27. The summed E-state index contributed by atoms with van der Waals surface area (Å²) in [6.07, 6.45) is 0.403. The fourth-order valence-corrected chi connectivity index (χ4v) is 2.66. The van der Waals surface area contributed by atoms with Crippen molar-refractivity contribution in [2.45, 2.75) is 12.5 Å². The Balaban J connectivity index is 2.34. The SMILES string of the molecule is CNC(Cc1cccc(F)c1Cl)c1cc(Br)ccc1F. The molecule has 0 bridgehead atoms. The van der Waals surface area contributed by atoms with Crippen LogP contribution in [0.3, 0.4) is 0 Å². The fraction of sp³-hybridized carbons (Fsp3) is 0.200. The van der Waals surface area contributed by atoms with Gasteiger partial charge in [-0.05, 0) is 43.3 Å². The second-order valence-electron chi connectivity index (χ2n) is 4.42. The van der Waals surface area contributed by atoms with Crippen molar-refractivity contribution in [3.63, 3.8) is 0 Å². The van der Waals surface area contributed by atoms with Gasteiger partial charge >= 0.3 is 0 Å². The highest BCUT2D eigenvalue weighted by Gasteiger charge is 2.17. The van der Waals surface area contributed by atoms with E-state index in [1.54, 1.807) is 31.3 Å². The second-order valence-corrected chi connectivity index (χ2v) is 5.72. The first-order valence-electron chi connectivity index (χ1n) is 6.08. The molecule has 1 atom stereocenters. The Hall–Kier alpha value is -0.970. The van der Waals surface area contributed by atoms with Gasteiger partial charge < -0.3 is 5.32 Å². The van der Waals surface area contributed by atoms with Gasteiger partial charge in [-0.2, -0.15) is 0 Å². The van der Waals surface area contributed by atoms with Crippen molar-refractivity contribution in [2.24, 2.45) is 0 Å². The average molecular weight is 361 g/mol. The zero-order chi connectivity index (χ0) is 14.7. The summed E-state index contributed by atoms with van der Waals surface area (Å²) in [7, 11) is 1.73. The highest BCUT2D eigenvalue weighted by Crippen LogP contribution is 2.28. The van der Waals surface area contributed by atoms with E-state index in [2.05, 4.69) is 21.2 Å². The number of rotatable bonds is 4. The lowest BCUT2D eigenvalue weighted by molar-refractivity contribution is 0.532. The molecule has 5 heteroatoms. The Labute approximate surface area is 130 Å².